The summed E-state index contributed by atoms with van der Waals surface area (Å²) in [5.41, 5.74) is 3.35. The molecule has 43 heavy (non-hydrogen) atoms. The van der Waals surface area contributed by atoms with Crippen molar-refractivity contribution in [2.45, 2.75) is 33.4 Å². The Kier molecular flexibility index (Phi) is 8.57. The van der Waals surface area contributed by atoms with Crippen LogP contribution < -0.4 is 14.5 Å². The fourth-order valence-electron chi connectivity index (χ4n) is 5.35. The molecule has 0 aromatic heterocycles. The van der Waals surface area contributed by atoms with Gasteiger partial charge in [0.2, 0.25) is 0 Å². The Bertz CT molecular complexity index is 1680. The number of aryl methyl sites for hydroxylation is 1. The van der Waals surface area contributed by atoms with Crippen LogP contribution in [0.25, 0.3) is 5.76 Å². The highest BCUT2D eigenvalue weighted by Gasteiger charge is 2.47. The molecule has 6 nitrogen and oxygen atoms in total. The van der Waals surface area contributed by atoms with Crippen molar-refractivity contribution in [1.29, 1.82) is 0 Å². The number of aliphatic hydroxyl groups excluding tert-OH is 1. The monoisotopic (exact) mass is 582 g/mol. The van der Waals surface area contributed by atoms with Crippen LogP contribution >= 0.6 is 0 Å². The van der Waals surface area contributed by atoms with E-state index in [9.17, 15) is 23.5 Å². The Hall–Kier alpha value is -4.98. The molecule has 1 heterocycles. The maximum Gasteiger partial charge on any atom is 0.300 e. The Balaban J connectivity index is 1.57. The molecule has 0 bridgehead atoms. The fourth-order valence-corrected chi connectivity index (χ4v) is 5.35. The van der Waals surface area contributed by atoms with Gasteiger partial charge in [-0.15, -0.1) is 0 Å². The molecule has 0 saturated carbocycles. The van der Waals surface area contributed by atoms with E-state index in [-0.39, 0.29) is 17.0 Å². The minimum Gasteiger partial charge on any atom is -0.507 e. The average molecular weight is 583 g/mol. The van der Waals surface area contributed by atoms with Crippen molar-refractivity contribution in [2.75, 3.05) is 22.9 Å². The summed E-state index contributed by atoms with van der Waals surface area (Å²) in [5, 5.41) is 11.5. The molecule has 1 aliphatic rings. The minimum absolute atomic E-state index is 0.00119. The van der Waals surface area contributed by atoms with Gasteiger partial charge in [0.1, 0.15) is 18.1 Å². The molecule has 8 heteroatoms. The van der Waals surface area contributed by atoms with Gasteiger partial charge in [0.15, 0.2) is 11.6 Å². The van der Waals surface area contributed by atoms with E-state index in [0.717, 1.165) is 46.9 Å². The number of hydrogen-bond donors (Lipinski definition) is 1. The van der Waals surface area contributed by atoms with Gasteiger partial charge in [-0.1, -0.05) is 42.5 Å². The number of anilines is 2. The summed E-state index contributed by atoms with van der Waals surface area (Å²) in [7, 11) is 0. The van der Waals surface area contributed by atoms with Crippen molar-refractivity contribution in [3.8, 4) is 5.75 Å². The summed E-state index contributed by atoms with van der Waals surface area (Å²) in [6, 6.07) is 23.9. The standard InChI is InChI=1S/C35H32F2N2O4/c1-4-38(5-2)26-14-11-24(12-15-26)32-31(34(41)35(42)39(32)27-16-17-28(36)29(37)20-27)33(40)25-13-18-30(22(3)19-25)43-21-23-9-7-6-8-10-23/h6-20,32,40H,4-5,21H2,1-3H3/b33-31+. The number of hydrogen-bond acceptors (Lipinski definition) is 5. The molecule has 5 rings (SSSR count). The molecule has 1 aliphatic heterocycles. The van der Waals surface area contributed by atoms with E-state index in [0.29, 0.717) is 23.5 Å². The predicted molar refractivity (Wildman–Crippen MR) is 163 cm³/mol. The smallest absolute Gasteiger partial charge is 0.300 e. The molecule has 1 atom stereocenters. The third-order valence-electron chi connectivity index (χ3n) is 7.65. The molecule has 0 radical (unpaired) electrons. The third-order valence-corrected chi connectivity index (χ3v) is 7.65. The highest BCUT2D eigenvalue weighted by atomic mass is 19.2. The Morgan fingerprint density at radius 2 is 1.58 bits per heavy atom. The Morgan fingerprint density at radius 1 is 0.884 bits per heavy atom. The van der Waals surface area contributed by atoms with Crippen molar-refractivity contribution >= 4 is 28.8 Å². The van der Waals surface area contributed by atoms with Crippen LogP contribution in [0, 0.1) is 18.6 Å². The van der Waals surface area contributed by atoms with Gasteiger partial charge >= 0.3 is 0 Å². The zero-order valence-electron chi connectivity index (χ0n) is 24.2. The lowest BCUT2D eigenvalue weighted by atomic mass is 9.94. The highest BCUT2D eigenvalue weighted by Crippen LogP contribution is 2.43. The van der Waals surface area contributed by atoms with Gasteiger partial charge in [0, 0.05) is 36.1 Å². The molecule has 1 amide bonds. The summed E-state index contributed by atoms with van der Waals surface area (Å²) >= 11 is 0. The number of carbonyl (C=O) groups excluding carboxylic acids is 2. The maximum atomic E-state index is 14.3. The van der Waals surface area contributed by atoms with Crippen molar-refractivity contribution in [2.24, 2.45) is 0 Å². The van der Waals surface area contributed by atoms with E-state index in [1.807, 2.05) is 63.2 Å². The second-order valence-corrected chi connectivity index (χ2v) is 10.3. The van der Waals surface area contributed by atoms with Crippen LogP contribution in [0.4, 0.5) is 20.2 Å². The summed E-state index contributed by atoms with van der Waals surface area (Å²) in [6.07, 6.45) is 0. The number of ketones is 1. The minimum atomic E-state index is -1.16. The number of nitrogens with zero attached hydrogens (tertiary/aromatic N) is 2. The van der Waals surface area contributed by atoms with E-state index in [4.69, 9.17) is 4.74 Å². The van der Waals surface area contributed by atoms with Gasteiger partial charge in [-0.25, -0.2) is 8.78 Å². The number of benzene rings is 4. The molecule has 1 fully saturated rings. The van der Waals surface area contributed by atoms with Crippen LogP contribution in [0.3, 0.4) is 0 Å². The van der Waals surface area contributed by atoms with E-state index < -0.39 is 29.4 Å². The van der Waals surface area contributed by atoms with E-state index >= 15 is 0 Å². The lowest BCUT2D eigenvalue weighted by Gasteiger charge is -2.27. The van der Waals surface area contributed by atoms with Crippen molar-refractivity contribution in [3.63, 3.8) is 0 Å². The summed E-state index contributed by atoms with van der Waals surface area (Å²) in [5.74, 6) is -3.89. The van der Waals surface area contributed by atoms with Gasteiger partial charge in [-0.2, -0.15) is 0 Å². The van der Waals surface area contributed by atoms with Crippen LogP contribution in [0.15, 0.2) is 96.6 Å². The first-order chi connectivity index (χ1) is 20.7. The first-order valence-corrected chi connectivity index (χ1v) is 14.1. The van der Waals surface area contributed by atoms with Crippen LogP contribution in [-0.4, -0.2) is 29.9 Å². The number of aliphatic hydroxyl groups is 1. The first-order valence-electron chi connectivity index (χ1n) is 14.1. The summed E-state index contributed by atoms with van der Waals surface area (Å²) < 4.78 is 34.1. The van der Waals surface area contributed by atoms with Gasteiger partial charge in [-0.3, -0.25) is 14.5 Å². The quantitative estimate of drug-likeness (QED) is 0.127. The van der Waals surface area contributed by atoms with Crippen molar-refractivity contribution < 1.29 is 28.2 Å². The SMILES string of the molecule is CCN(CC)c1ccc(C2/C(=C(\O)c3ccc(OCc4ccccc4)c(C)c3)C(=O)C(=O)N2c2ccc(F)c(F)c2)cc1. The number of carbonyl (C=O) groups is 2. The maximum absolute atomic E-state index is 14.3. The lowest BCUT2D eigenvalue weighted by Crippen LogP contribution is -2.29. The van der Waals surface area contributed by atoms with Gasteiger partial charge in [0.05, 0.1) is 11.6 Å². The summed E-state index contributed by atoms with van der Waals surface area (Å²) in [4.78, 5) is 30.2. The van der Waals surface area contributed by atoms with Crippen LogP contribution in [0.5, 0.6) is 5.75 Å². The molecule has 220 valence electrons. The second kappa shape index (κ2) is 12.5. The number of Topliss-reactive ketones (excluding diaryl/α,β-unsaturated/α-hetero) is 1. The Labute approximate surface area is 249 Å². The van der Waals surface area contributed by atoms with Gasteiger partial charge < -0.3 is 14.7 Å². The molecule has 0 aliphatic carbocycles. The first kappa shape index (κ1) is 29.5. The highest BCUT2D eigenvalue weighted by molar-refractivity contribution is 6.51. The molecule has 4 aromatic carbocycles. The topological polar surface area (TPSA) is 70.1 Å². The normalized spacial score (nSPS) is 16.0. The third kappa shape index (κ3) is 5.86. The Morgan fingerprint density at radius 3 is 2.21 bits per heavy atom. The average Bonchev–Trinajstić information content (AvgIpc) is 3.28. The van der Waals surface area contributed by atoms with Crippen LogP contribution in [-0.2, 0) is 16.2 Å². The van der Waals surface area contributed by atoms with E-state index in [2.05, 4.69) is 4.90 Å². The molecule has 1 N–H and O–H groups in total. The largest absolute Gasteiger partial charge is 0.507 e. The van der Waals surface area contributed by atoms with Crippen LogP contribution in [0.1, 0.15) is 42.1 Å². The number of halogens is 2. The summed E-state index contributed by atoms with van der Waals surface area (Å²) in [6.45, 7) is 7.82. The number of rotatable bonds is 9. The predicted octanol–water partition coefficient (Wildman–Crippen LogP) is 7.32. The van der Waals surface area contributed by atoms with Crippen LogP contribution in [0.2, 0.25) is 0 Å². The molecule has 0 spiro atoms. The van der Waals surface area contributed by atoms with E-state index in [1.54, 1.807) is 30.3 Å². The molecular weight excluding hydrogens is 550 g/mol. The number of amides is 1. The zero-order chi connectivity index (χ0) is 30.7. The van der Waals surface area contributed by atoms with Gasteiger partial charge in [0.25, 0.3) is 11.7 Å². The van der Waals surface area contributed by atoms with Gasteiger partial charge in [-0.05, 0) is 79.9 Å². The molecule has 1 saturated heterocycles. The van der Waals surface area contributed by atoms with Crippen molar-refractivity contribution in [1.82, 2.24) is 0 Å². The number of ether oxygens (including phenoxy) is 1. The second-order valence-electron chi connectivity index (χ2n) is 10.3. The lowest BCUT2D eigenvalue weighted by molar-refractivity contribution is -0.132. The molecular formula is C35H32F2N2O4. The van der Waals surface area contributed by atoms with E-state index in [1.165, 1.54) is 6.07 Å². The zero-order valence-corrected chi connectivity index (χ0v) is 24.2. The van der Waals surface area contributed by atoms with Crippen molar-refractivity contribution in [3.05, 3.63) is 130 Å². The molecule has 4 aromatic rings. The molecule has 1 unspecified atom stereocenters. The fraction of sp³-hybridized carbons (Fsp3) is 0.200.